The summed E-state index contributed by atoms with van der Waals surface area (Å²) in [6.45, 7) is 6.62. The van der Waals surface area contributed by atoms with E-state index in [2.05, 4.69) is 20.5 Å². The number of hydrogen-bond donors (Lipinski definition) is 3. The van der Waals surface area contributed by atoms with E-state index in [1.807, 2.05) is 35.2 Å². The van der Waals surface area contributed by atoms with Crippen molar-refractivity contribution in [2.45, 2.75) is 19.9 Å². The molecule has 1 aromatic carbocycles. The lowest BCUT2D eigenvalue weighted by atomic mass is 10.0. The SMILES string of the molecule is CCOC(=O)C1=C(CN2CCN(C(=O)c3cc4ccccc4[nH]3)CC2)NC(=O)NC1C. The molecule has 0 spiro atoms. The molecule has 1 fully saturated rings. The Balaban J connectivity index is 1.41. The van der Waals surface area contributed by atoms with Crippen LogP contribution in [0.5, 0.6) is 0 Å². The molecule has 0 saturated carbocycles. The summed E-state index contributed by atoms with van der Waals surface area (Å²) in [4.78, 5) is 44.4. The van der Waals surface area contributed by atoms with Crippen LogP contribution in [-0.2, 0) is 9.53 Å². The largest absolute Gasteiger partial charge is 0.463 e. The quantitative estimate of drug-likeness (QED) is 0.629. The molecule has 1 aromatic heterocycles. The van der Waals surface area contributed by atoms with Crippen LogP contribution in [0.15, 0.2) is 41.6 Å². The molecule has 9 heteroatoms. The molecule has 0 aliphatic carbocycles. The van der Waals surface area contributed by atoms with Crippen LogP contribution in [0.25, 0.3) is 10.9 Å². The Kier molecular flexibility index (Phi) is 5.94. The highest BCUT2D eigenvalue weighted by molar-refractivity contribution is 5.98. The predicted octanol–water partition coefficient (Wildman–Crippen LogP) is 1.44. The molecule has 1 saturated heterocycles. The van der Waals surface area contributed by atoms with Gasteiger partial charge in [0.05, 0.1) is 18.2 Å². The first-order valence-electron chi connectivity index (χ1n) is 10.5. The van der Waals surface area contributed by atoms with Gasteiger partial charge in [-0.25, -0.2) is 9.59 Å². The van der Waals surface area contributed by atoms with Crippen molar-refractivity contribution in [2.75, 3.05) is 39.3 Å². The Morgan fingerprint density at radius 3 is 2.61 bits per heavy atom. The standard InChI is InChI=1S/C22H27N5O4/c1-3-31-21(29)19-14(2)23-22(30)25-18(19)13-26-8-10-27(11-9-26)20(28)17-12-15-6-4-5-7-16(15)24-17/h4-7,12,14,24H,3,8-11,13H2,1-2H3,(H2,23,25,30). The van der Waals surface area contributed by atoms with Crippen molar-refractivity contribution < 1.29 is 19.1 Å². The smallest absolute Gasteiger partial charge is 0.337 e. The molecule has 0 bridgehead atoms. The zero-order valence-corrected chi connectivity index (χ0v) is 17.7. The molecule has 3 N–H and O–H groups in total. The van der Waals surface area contributed by atoms with E-state index in [-0.39, 0.29) is 18.5 Å². The Hall–Kier alpha value is -3.33. The molecule has 4 rings (SSSR count). The normalized spacial score (nSPS) is 19.9. The number of urea groups is 1. The fourth-order valence-corrected chi connectivity index (χ4v) is 4.10. The number of hydrogen-bond acceptors (Lipinski definition) is 5. The lowest BCUT2D eigenvalue weighted by molar-refractivity contribution is -0.139. The summed E-state index contributed by atoms with van der Waals surface area (Å²) in [5.41, 5.74) is 2.53. The minimum Gasteiger partial charge on any atom is -0.463 e. The fraction of sp³-hybridized carbons (Fsp3) is 0.409. The minimum absolute atomic E-state index is 0.0222. The van der Waals surface area contributed by atoms with Crippen LogP contribution < -0.4 is 10.6 Å². The first-order chi connectivity index (χ1) is 15.0. The van der Waals surface area contributed by atoms with Gasteiger partial charge in [0, 0.05) is 49.3 Å². The van der Waals surface area contributed by atoms with Crippen molar-refractivity contribution in [1.82, 2.24) is 25.4 Å². The molecule has 31 heavy (non-hydrogen) atoms. The summed E-state index contributed by atoms with van der Waals surface area (Å²) in [6, 6.07) is 8.94. The number of benzene rings is 1. The highest BCUT2D eigenvalue weighted by Gasteiger charge is 2.31. The van der Waals surface area contributed by atoms with Gasteiger partial charge in [-0.2, -0.15) is 0 Å². The van der Waals surface area contributed by atoms with Crippen LogP contribution in [0.4, 0.5) is 4.79 Å². The molecular formula is C22H27N5O4. The van der Waals surface area contributed by atoms with Gasteiger partial charge in [0.25, 0.3) is 5.91 Å². The van der Waals surface area contributed by atoms with Gasteiger partial charge in [0.2, 0.25) is 0 Å². The Morgan fingerprint density at radius 1 is 1.16 bits per heavy atom. The number of aromatic amines is 1. The molecule has 2 aromatic rings. The number of para-hydroxylation sites is 1. The van der Waals surface area contributed by atoms with E-state index in [0.29, 0.717) is 49.7 Å². The Labute approximate surface area is 180 Å². The van der Waals surface area contributed by atoms with Crippen molar-refractivity contribution >= 4 is 28.8 Å². The van der Waals surface area contributed by atoms with E-state index in [1.54, 1.807) is 13.8 Å². The molecule has 1 atom stereocenters. The van der Waals surface area contributed by atoms with Crippen LogP contribution in [0.1, 0.15) is 24.3 Å². The second-order valence-corrected chi connectivity index (χ2v) is 7.77. The van der Waals surface area contributed by atoms with E-state index in [0.717, 1.165) is 10.9 Å². The van der Waals surface area contributed by atoms with Gasteiger partial charge in [0.15, 0.2) is 0 Å². The summed E-state index contributed by atoms with van der Waals surface area (Å²) < 4.78 is 5.17. The number of nitrogens with zero attached hydrogens (tertiary/aromatic N) is 2. The topological polar surface area (TPSA) is 107 Å². The third-order valence-corrected chi connectivity index (χ3v) is 5.67. The molecular weight excluding hydrogens is 398 g/mol. The lowest BCUT2D eigenvalue weighted by Crippen LogP contribution is -2.54. The van der Waals surface area contributed by atoms with Crippen molar-refractivity contribution in [3.05, 3.63) is 47.3 Å². The number of nitrogens with one attached hydrogen (secondary N) is 3. The number of rotatable bonds is 5. The Morgan fingerprint density at radius 2 is 1.90 bits per heavy atom. The number of carbonyl (C=O) groups excluding carboxylic acids is 3. The molecule has 2 aliphatic heterocycles. The average Bonchev–Trinajstić information content (AvgIpc) is 3.18. The summed E-state index contributed by atoms with van der Waals surface area (Å²) >= 11 is 0. The molecule has 3 amide bonds. The van der Waals surface area contributed by atoms with Crippen molar-refractivity contribution in [1.29, 1.82) is 0 Å². The maximum atomic E-state index is 12.9. The van der Waals surface area contributed by atoms with Crippen LogP contribution >= 0.6 is 0 Å². The van der Waals surface area contributed by atoms with E-state index in [9.17, 15) is 14.4 Å². The van der Waals surface area contributed by atoms with Crippen molar-refractivity contribution in [2.24, 2.45) is 0 Å². The molecule has 164 valence electrons. The van der Waals surface area contributed by atoms with E-state index >= 15 is 0 Å². The zero-order valence-electron chi connectivity index (χ0n) is 17.7. The molecule has 1 unspecified atom stereocenters. The van der Waals surface area contributed by atoms with Gasteiger partial charge >= 0.3 is 12.0 Å². The highest BCUT2D eigenvalue weighted by atomic mass is 16.5. The third kappa shape index (κ3) is 4.41. The second kappa shape index (κ2) is 8.81. The van der Waals surface area contributed by atoms with Gasteiger partial charge in [-0.3, -0.25) is 9.69 Å². The number of ether oxygens (including phenoxy) is 1. The van der Waals surface area contributed by atoms with Gasteiger partial charge in [-0.1, -0.05) is 18.2 Å². The highest BCUT2D eigenvalue weighted by Crippen LogP contribution is 2.19. The Bertz CT molecular complexity index is 1000. The first kappa shape index (κ1) is 20.9. The monoisotopic (exact) mass is 425 g/mol. The number of fused-ring (bicyclic) bond motifs is 1. The number of H-pyrrole nitrogens is 1. The van der Waals surface area contributed by atoms with Crippen LogP contribution in [0.3, 0.4) is 0 Å². The third-order valence-electron chi connectivity index (χ3n) is 5.67. The summed E-state index contributed by atoms with van der Waals surface area (Å²) in [6.07, 6.45) is 0. The molecule has 0 radical (unpaired) electrons. The molecule has 3 heterocycles. The van der Waals surface area contributed by atoms with E-state index in [1.165, 1.54) is 0 Å². The number of piperazine rings is 1. The second-order valence-electron chi connectivity index (χ2n) is 7.77. The minimum atomic E-state index is -0.426. The maximum Gasteiger partial charge on any atom is 0.337 e. The zero-order chi connectivity index (χ0) is 22.0. The number of aromatic nitrogens is 1. The molecule has 9 nitrogen and oxygen atoms in total. The van der Waals surface area contributed by atoms with Gasteiger partial charge in [-0.15, -0.1) is 0 Å². The maximum absolute atomic E-state index is 12.9. The van der Waals surface area contributed by atoms with Crippen LogP contribution in [0, 0.1) is 0 Å². The summed E-state index contributed by atoms with van der Waals surface area (Å²) in [5, 5.41) is 6.48. The number of esters is 1. The number of carbonyl (C=O) groups is 3. The molecule has 2 aliphatic rings. The first-order valence-corrected chi connectivity index (χ1v) is 10.5. The lowest BCUT2D eigenvalue weighted by Gasteiger charge is -2.36. The summed E-state index contributed by atoms with van der Waals surface area (Å²) in [5.74, 6) is -0.448. The van der Waals surface area contributed by atoms with Crippen LogP contribution in [0.2, 0.25) is 0 Å². The predicted molar refractivity (Wildman–Crippen MR) is 115 cm³/mol. The van der Waals surface area contributed by atoms with E-state index < -0.39 is 12.0 Å². The van der Waals surface area contributed by atoms with Crippen molar-refractivity contribution in [3.8, 4) is 0 Å². The summed E-state index contributed by atoms with van der Waals surface area (Å²) in [7, 11) is 0. The van der Waals surface area contributed by atoms with Gasteiger partial charge < -0.3 is 25.3 Å². The fourth-order valence-electron chi connectivity index (χ4n) is 4.10. The van der Waals surface area contributed by atoms with Gasteiger partial charge in [-0.05, 0) is 26.0 Å². The number of amides is 3. The van der Waals surface area contributed by atoms with E-state index in [4.69, 9.17) is 4.74 Å². The average molecular weight is 425 g/mol. The van der Waals surface area contributed by atoms with Crippen molar-refractivity contribution in [3.63, 3.8) is 0 Å². The van der Waals surface area contributed by atoms with Crippen LogP contribution in [-0.4, -0.2) is 78.1 Å². The van der Waals surface area contributed by atoms with Gasteiger partial charge in [0.1, 0.15) is 5.69 Å².